The Morgan fingerprint density at radius 3 is 2.23 bits per heavy atom. The molecule has 6 nitrogen and oxygen atoms in total. The summed E-state index contributed by atoms with van der Waals surface area (Å²) in [5.74, 6) is 1.18. The molecule has 2 rings (SSSR count). The van der Waals surface area contributed by atoms with Gasteiger partial charge in [-0.15, -0.1) is 11.8 Å². The summed E-state index contributed by atoms with van der Waals surface area (Å²) in [5.41, 5.74) is 2.39. The summed E-state index contributed by atoms with van der Waals surface area (Å²) >= 11 is 1.25. The minimum Gasteiger partial charge on any atom is -0.493 e. The van der Waals surface area contributed by atoms with Gasteiger partial charge in [0.2, 0.25) is 11.8 Å². The van der Waals surface area contributed by atoms with Crippen LogP contribution in [-0.2, 0) is 9.59 Å². The second-order valence-corrected chi connectivity index (χ2v) is 6.46. The van der Waals surface area contributed by atoms with Gasteiger partial charge in [-0.05, 0) is 30.7 Å². The fourth-order valence-electron chi connectivity index (χ4n) is 2.25. The van der Waals surface area contributed by atoms with Crippen molar-refractivity contribution < 1.29 is 19.1 Å². The molecule has 0 heterocycles. The highest BCUT2D eigenvalue weighted by Crippen LogP contribution is 2.29. The number of amides is 2. The monoisotopic (exact) mass is 374 g/mol. The number of nitrogens with one attached hydrogen (secondary N) is 2. The van der Waals surface area contributed by atoms with Crippen LogP contribution in [0, 0.1) is 6.92 Å². The number of anilines is 2. The Hall–Kier alpha value is -2.67. The number of methoxy groups -OCH3 is 2. The van der Waals surface area contributed by atoms with Crippen LogP contribution in [0.2, 0.25) is 0 Å². The molecule has 0 atom stereocenters. The summed E-state index contributed by atoms with van der Waals surface area (Å²) in [7, 11) is 3.08. The van der Waals surface area contributed by atoms with Gasteiger partial charge in [0, 0.05) is 17.4 Å². The molecule has 0 saturated heterocycles. The average molecular weight is 374 g/mol. The summed E-state index contributed by atoms with van der Waals surface area (Å²) in [5, 5.41) is 5.61. The standard InChI is InChI=1S/C19H22N2O4S/c1-13-6-4-5-7-15(13)21-19(23)12-26-11-18(22)20-14-8-9-16(24-2)17(10-14)25-3/h4-10H,11-12H2,1-3H3,(H,20,22)(H,21,23). The number of aryl methyl sites for hydroxylation is 1. The predicted molar refractivity (Wildman–Crippen MR) is 105 cm³/mol. The first-order valence-corrected chi connectivity index (χ1v) is 9.14. The molecule has 2 N–H and O–H groups in total. The largest absolute Gasteiger partial charge is 0.493 e. The van der Waals surface area contributed by atoms with Gasteiger partial charge in [0.1, 0.15) is 0 Å². The highest BCUT2D eigenvalue weighted by atomic mass is 32.2. The molecule has 0 fully saturated rings. The predicted octanol–water partition coefficient (Wildman–Crippen LogP) is 3.32. The van der Waals surface area contributed by atoms with Gasteiger partial charge in [-0.1, -0.05) is 18.2 Å². The van der Waals surface area contributed by atoms with Gasteiger partial charge in [-0.3, -0.25) is 9.59 Å². The van der Waals surface area contributed by atoms with E-state index in [1.54, 1.807) is 25.3 Å². The maximum atomic E-state index is 12.0. The lowest BCUT2D eigenvalue weighted by Crippen LogP contribution is -2.18. The van der Waals surface area contributed by atoms with Gasteiger partial charge >= 0.3 is 0 Å². The number of rotatable bonds is 8. The SMILES string of the molecule is COc1ccc(NC(=O)CSCC(=O)Nc2ccccc2C)cc1OC. The van der Waals surface area contributed by atoms with Crippen molar-refractivity contribution in [3.8, 4) is 11.5 Å². The van der Waals surface area contributed by atoms with E-state index in [0.717, 1.165) is 11.3 Å². The zero-order valence-electron chi connectivity index (χ0n) is 15.0. The summed E-state index contributed by atoms with van der Waals surface area (Å²) < 4.78 is 10.4. The third kappa shape index (κ3) is 5.70. The van der Waals surface area contributed by atoms with Crippen LogP contribution in [0.15, 0.2) is 42.5 Å². The van der Waals surface area contributed by atoms with Crippen LogP contribution in [0.4, 0.5) is 11.4 Å². The summed E-state index contributed by atoms with van der Waals surface area (Å²) in [6.07, 6.45) is 0. The minimum absolute atomic E-state index is 0.136. The van der Waals surface area contributed by atoms with E-state index in [4.69, 9.17) is 9.47 Å². The highest BCUT2D eigenvalue weighted by Gasteiger charge is 2.09. The van der Waals surface area contributed by atoms with Crippen molar-refractivity contribution >= 4 is 35.0 Å². The van der Waals surface area contributed by atoms with Gasteiger partial charge in [0.05, 0.1) is 25.7 Å². The van der Waals surface area contributed by atoms with Gasteiger partial charge in [-0.25, -0.2) is 0 Å². The van der Waals surface area contributed by atoms with Crippen molar-refractivity contribution in [3.63, 3.8) is 0 Å². The number of hydrogen-bond donors (Lipinski definition) is 2. The first-order valence-electron chi connectivity index (χ1n) is 7.98. The van der Waals surface area contributed by atoms with Crippen LogP contribution in [-0.4, -0.2) is 37.5 Å². The molecule has 26 heavy (non-hydrogen) atoms. The molecular formula is C19H22N2O4S. The van der Waals surface area contributed by atoms with Crippen molar-refractivity contribution in [2.24, 2.45) is 0 Å². The Labute approximate surface area is 157 Å². The molecule has 0 aliphatic carbocycles. The number of hydrogen-bond acceptors (Lipinski definition) is 5. The number of carbonyl (C=O) groups is 2. The van der Waals surface area contributed by atoms with Crippen LogP contribution >= 0.6 is 11.8 Å². The second kappa shape index (κ2) is 9.72. The van der Waals surface area contributed by atoms with E-state index in [1.165, 1.54) is 18.9 Å². The van der Waals surface area contributed by atoms with E-state index in [0.29, 0.717) is 17.2 Å². The van der Waals surface area contributed by atoms with Crippen molar-refractivity contribution in [2.75, 3.05) is 36.4 Å². The summed E-state index contributed by atoms with van der Waals surface area (Å²) in [6.45, 7) is 1.93. The summed E-state index contributed by atoms with van der Waals surface area (Å²) in [4.78, 5) is 24.0. The lowest BCUT2D eigenvalue weighted by molar-refractivity contribution is -0.114. The van der Waals surface area contributed by atoms with E-state index in [2.05, 4.69) is 10.6 Å². The van der Waals surface area contributed by atoms with Gasteiger partial charge < -0.3 is 20.1 Å². The van der Waals surface area contributed by atoms with E-state index < -0.39 is 0 Å². The number of ether oxygens (including phenoxy) is 2. The molecule has 2 aromatic rings. The quantitative estimate of drug-likeness (QED) is 0.741. The maximum absolute atomic E-state index is 12.0. The molecule has 2 amide bonds. The molecule has 0 unspecified atom stereocenters. The Bertz CT molecular complexity index is 780. The highest BCUT2D eigenvalue weighted by molar-refractivity contribution is 8.00. The zero-order valence-corrected chi connectivity index (χ0v) is 15.8. The normalized spacial score (nSPS) is 10.1. The second-order valence-electron chi connectivity index (χ2n) is 5.47. The van der Waals surface area contributed by atoms with Crippen molar-refractivity contribution in [2.45, 2.75) is 6.92 Å². The van der Waals surface area contributed by atoms with E-state index in [-0.39, 0.29) is 23.3 Å². The lowest BCUT2D eigenvalue weighted by Gasteiger charge is -2.11. The van der Waals surface area contributed by atoms with Crippen LogP contribution in [0.1, 0.15) is 5.56 Å². The van der Waals surface area contributed by atoms with E-state index in [1.807, 2.05) is 31.2 Å². The molecule has 0 spiro atoms. The number of para-hydroxylation sites is 1. The lowest BCUT2D eigenvalue weighted by atomic mass is 10.2. The summed E-state index contributed by atoms with van der Waals surface area (Å²) in [6, 6.07) is 12.7. The van der Waals surface area contributed by atoms with Crippen LogP contribution in [0.25, 0.3) is 0 Å². The molecular weight excluding hydrogens is 352 g/mol. The molecule has 0 aromatic heterocycles. The van der Waals surface area contributed by atoms with Crippen molar-refractivity contribution in [1.29, 1.82) is 0 Å². The minimum atomic E-state index is -0.189. The first-order chi connectivity index (χ1) is 12.5. The molecule has 0 aliphatic rings. The smallest absolute Gasteiger partial charge is 0.234 e. The van der Waals surface area contributed by atoms with Crippen molar-refractivity contribution in [3.05, 3.63) is 48.0 Å². The molecule has 138 valence electrons. The molecule has 0 aliphatic heterocycles. The molecule has 0 radical (unpaired) electrons. The third-order valence-electron chi connectivity index (χ3n) is 3.55. The average Bonchev–Trinajstić information content (AvgIpc) is 2.63. The number of thioether (sulfide) groups is 1. The molecule has 2 aromatic carbocycles. The Morgan fingerprint density at radius 1 is 0.923 bits per heavy atom. The fraction of sp³-hybridized carbons (Fsp3) is 0.263. The van der Waals surface area contributed by atoms with E-state index in [9.17, 15) is 9.59 Å². The molecule has 0 saturated carbocycles. The first kappa shape index (κ1) is 19.7. The van der Waals surface area contributed by atoms with Crippen LogP contribution in [0.3, 0.4) is 0 Å². The zero-order chi connectivity index (χ0) is 18.9. The topological polar surface area (TPSA) is 76.7 Å². The van der Waals surface area contributed by atoms with E-state index >= 15 is 0 Å². The van der Waals surface area contributed by atoms with Gasteiger partial charge in [0.25, 0.3) is 0 Å². The third-order valence-corrected chi connectivity index (χ3v) is 4.49. The van der Waals surface area contributed by atoms with Crippen LogP contribution < -0.4 is 20.1 Å². The number of benzene rings is 2. The Kier molecular flexibility index (Phi) is 7.35. The van der Waals surface area contributed by atoms with Crippen molar-refractivity contribution in [1.82, 2.24) is 0 Å². The number of carbonyl (C=O) groups excluding carboxylic acids is 2. The van der Waals surface area contributed by atoms with Gasteiger partial charge in [0.15, 0.2) is 11.5 Å². The van der Waals surface area contributed by atoms with Crippen LogP contribution in [0.5, 0.6) is 11.5 Å². The maximum Gasteiger partial charge on any atom is 0.234 e. The van der Waals surface area contributed by atoms with Gasteiger partial charge in [-0.2, -0.15) is 0 Å². The fourth-order valence-corrected chi connectivity index (χ4v) is 2.86. The molecule has 7 heteroatoms. The molecule has 0 bridgehead atoms. The Balaban J connectivity index is 1.78. The Morgan fingerprint density at radius 2 is 1.58 bits per heavy atom.